The van der Waals surface area contributed by atoms with Crippen molar-refractivity contribution in [1.29, 1.82) is 0 Å². The lowest BCUT2D eigenvalue weighted by molar-refractivity contribution is 0.0696. The van der Waals surface area contributed by atoms with Crippen molar-refractivity contribution in [3.05, 3.63) is 53.9 Å². The zero-order valence-electron chi connectivity index (χ0n) is 10.8. The molecule has 1 aromatic heterocycles. The van der Waals surface area contributed by atoms with Crippen LogP contribution in [0.25, 0.3) is 0 Å². The summed E-state index contributed by atoms with van der Waals surface area (Å²) in [5, 5.41) is 8.97. The molecular formula is C13H14N2O4S. The maximum absolute atomic E-state index is 12.3. The van der Waals surface area contributed by atoms with Crippen LogP contribution in [0.3, 0.4) is 0 Å². The van der Waals surface area contributed by atoms with E-state index in [1.165, 1.54) is 22.9 Å². The Labute approximate surface area is 116 Å². The van der Waals surface area contributed by atoms with Gasteiger partial charge in [-0.15, -0.1) is 0 Å². The Morgan fingerprint density at radius 3 is 2.50 bits per heavy atom. The standard InChI is InChI=1S/C13H14N2O4S/c1-2-10-5-6-11(13(16)17)9-12(10)20(18,19)14-15-7-3-4-8-15/h3-9,14H,2H2,1H3,(H,16,17). The van der Waals surface area contributed by atoms with Crippen LogP contribution in [0, 0.1) is 0 Å². The average molecular weight is 294 g/mol. The summed E-state index contributed by atoms with van der Waals surface area (Å²) in [6.45, 7) is 1.81. The first kappa shape index (κ1) is 14.1. The summed E-state index contributed by atoms with van der Waals surface area (Å²) >= 11 is 0. The molecule has 6 nitrogen and oxygen atoms in total. The molecule has 106 valence electrons. The molecule has 2 rings (SSSR count). The number of nitrogens with zero attached hydrogens (tertiary/aromatic N) is 1. The minimum atomic E-state index is -3.83. The van der Waals surface area contributed by atoms with Crippen molar-refractivity contribution in [2.24, 2.45) is 0 Å². The van der Waals surface area contributed by atoms with Gasteiger partial charge in [0.2, 0.25) is 0 Å². The van der Waals surface area contributed by atoms with Crippen molar-refractivity contribution in [3.63, 3.8) is 0 Å². The molecule has 0 saturated carbocycles. The molecule has 0 bridgehead atoms. The third-order valence-electron chi connectivity index (χ3n) is 2.81. The van der Waals surface area contributed by atoms with E-state index in [1.54, 1.807) is 24.5 Å². The fourth-order valence-corrected chi connectivity index (χ4v) is 3.15. The van der Waals surface area contributed by atoms with Gasteiger partial charge in [-0.25, -0.2) is 9.63 Å². The number of hydrogen-bond acceptors (Lipinski definition) is 3. The number of carboxylic acid groups (broad SMARTS) is 1. The van der Waals surface area contributed by atoms with Crippen LogP contribution in [-0.2, 0) is 16.4 Å². The molecule has 0 aliphatic rings. The first-order chi connectivity index (χ1) is 9.44. The molecule has 0 atom stereocenters. The van der Waals surface area contributed by atoms with E-state index in [-0.39, 0.29) is 10.5 Å². The van der Waals surface area contributed by atoms with E-state index in [2.05, 4.69) is 4.83 Å². The Hall–Kier alpha value is -2.28. The average Bonchev–Trinajstić information content (AvgIpc) is 2.90. The number of aromatic carboxylic acids is 1. The summed E-state index contributed by atoms with van der Waals surface area (Å²) in [5.74, 6) is -1.16. The predicted octanol–water partition coefficient (Wildman–Crippen LogP) is 1.68. The molecule has 0 unspecified atom stereocenters. The SMILES string of the molecule is CCc1ccc(C(=O)O)cc1S(=O)(=O)Nn1cccc1. The van der Waals surface area contributed by atoms with Gasteiger partial charge in [-0.1, -0.05) is 13.0 Å². The van der Waals surface area contributed by atoms with Gasteiger partial charge in [0.15, 0.2) is 0 Å². The third-order valence-corrected chi connectivity index (χ3v) is 4.22. The molecule has 0 saturated heterocycles. The van der Waals surface area contributed by atoms with E-state index in [0.29, 0.717) is 12.0 Å². The van der Waals surface area contributed by atoms with Gasteiger partial charge in [0.25, 0.3) is 10.0 Å². The van der Waals surface area contributed by atoms with E-state index >= 15 is 0 Å². The summed E-state index contributed by atoms with van der Waals surface area (Å²) in [5.41, 5.74) is 0.504. The highest BCUT2D eigenvalue weighted by Gasteiger charge is 2.20. The van der Waals surface area contributed by atoms with Gasteiger partial charge in [0, 0.05) is 12.4 Å². The van der Waals surface area contributed by atoms with E-state index in [1.807, 2.05) is 6.92 Å². The summed E-state index contributed by atoms with van der Waals surface area (Å²) < 4.78 is 26.0. The van der Waals surface area contributed by atoms with Gasteiger partial charge in [-0.2, -0.15) is 8.42 Å². The lowest BCUT2D eigenvalue weighted by Crippen LogP contribution is -2.23. The molecule has 1 aromatic carbocycles. The summed E-state index contributed by atoms with van der Waals surface area (Å²) in [7, 11) is -3.83. The van der Waals surface area contributed by atoms with E-state index in [9.17, 15) is 13.2 Å². The second-order valence-corrected chi connectivity index (χ2v) is 5.80. The number of aromatic nitrogens is 1. The second-order valence-electron chi connectivity index (χ2n) is 4.17. The van der Waals surface area contributed by atoms with Crippen LogP contribution in [0.5, 0.6) is 0 Å². The fourth-order valence-electron chi connectivity index (χ4n) is 1.81. The van der Waals surface area contributed by atoms with Crippen molar-refractivity contribution in [2.75, 3.05) is 4.83 Å². The van der Waals surface area contributed by atoms with E-state index < -0.39 is 16.0 Å². The lowest BCUT2D eigenvalue weighted by atomic mass is 10.1. The summed E-state index contributed by atoms with van der Waals surface area (Å²) in [6, 6.07) is 7.45. The zero-order chi connectivity index (χ0) is 14.8. The molecule has 0 radical (unpaired) electrons. The number of carboxylic acids is 1. The van der Waals surface area contributed by atoms with Gasteiger partial charge < -0.3 is 5.11 Å². The van der Waals surface area contributed by atoms with Gasteiger partial charge in [-0.3, -0.25) is 4.68 Å². The number of rotatable bonds is 5. The topological polar surface area (TPSA) is 88.4 Å². The van der Waals surface area contributed by atoms with Crippen molar-refractivity contribution in [1.82, 2.24) is 4.68 Å². The first-order valence-electron chi connectivity index (χ1n) is 5.96. The molecule has 0 aliphatic heterocycles. The Bertz CT molecular complexity index is 721. The molecular weight excluding hydrogens is 280 g/mol. The van der Waals surface area contributed by atoms with Gasteiger partial charge in [0.1, 0.15) is 0 Å². The number of aryl methyl sites for hydroxylation is 1. The molecule has 0 spiro atoms. The zero-order valence-corrected chi connectivity index (χ0v) is 11.6. The largest absolute Gasteiger partial charge is 0.478 e. The van der Waals surface area contributed by atoms with Crippen LogP contribution in [-0.4, -0.2) is 24.2 Å². The Kier molecular flexibility index (Phi) is 3.80. The molecule has 0 fully saturated rings. The monoisotopic (exact) mass is 294 g/mol. The summed E-state index contributed by atoms with van der Waals surface area (Å²) in [4.78, 5) is 13.3. The number of hydrogen-bond donors (Lipinski definition) is 2. The number of sulfonamides is 1. The number of benzene rings is 1. The normalized spacial score (nSPS) is 11.2. The van der Waals surface area contributed by atoms with Gasteiger partial charge >= 0.3 is 5.97 Å². The predicted molar refractivity (Wildman–Crippen MR) is 73.8 cm³/mol. The smallest absolute Gasteiger partial charge is 0.335 e. The maximum Gasteiger partial charge on any atom is 0.335 e. The maximum atomic E-state index is 12.3. The quantitative estimate of drug-likeness (QED) is 0.878. The van der Waals surface area contributed by atoms with Crippen molar-refractivity contribution in [2.45, 2.75) is 18.2 Å². The van der Waals surface area contributed by atoms with Crippen molar-refractivity contribution >= 4 is 16.0 Å². The summed E-state index contributed by atoms with van der Waals surface area (Å²) in [6.07, 6.45) is 3.58. The van der Waals surface area contributed by atoms with E-state index in [4.69, 9.17) is 5.11 Å². The van der Waals surface area contributed by atoms with Gasteiger partial charge in [-0.05, 0) is 36.2 Å². The highest BCUT2D eigenvalue weighted by Crippen LogP contribution is 2.19. The Morgan fingerprint density at radius 2 is 1.95 bits per heavy atom. The highest BCUT2D eigenvalue weighted by atomic mass is 32.2. The number of carbonyl (C=O) groups is 1. The molecule has 2 N–H and O–H groups in total. The van der Waals surface area contributed by atoms with Crippen LogP contribution < -0.4 is 4.83 Å². The number of nitrogens with one attached hydrogen (secondary N) is 1. The van der Waals surface area contributed by atoms with Crippen LogP contribution in [0.15, 0.2) is 47.6 Å². The van der Waals surface area contributed by atoms with Crippen LogP contribution in [0.4, 0.5) is 0 Å². The van der Waals surface area contributed by atoms with Crippen molar-refractivity contribution in [3.8, 4) is 0 Å². The molecule has 2 aromatic rings. The van der Waals surface area contributed by atoms with Gasteiger partial charge in [0.05, 0.1) is 10.5 Å². The molecule has 0 aliphatic carbocycles. The van der Waals surface area contributed by atoms with Crippen LogP contribution >= 0.6 is 0 Å². The van der Waals surface area contributed by atoms with Crippen LogP contribution in [0.1, 0.15) is 22.8 Å². The third kappa shape index (κ3) is 2.83. The fraction of sp³-hybridized carbons (Fsp3) is 0.154. The second kappa shape index (κ2) is 5.38. The van der Waals surface area contributed by atoms with Crippen molar-refractivity contribution < 1.29 is 18.3 Å². The molecule has 20 heavy (non-hydrogen) atoms. The minimum absolute atomic E-state index is 0.0198. The van der Waals surface area contributed by atoms with E-state index in [0.717, 1.165) is 0 Å². The Balaban J connectivity index is 2.48. The first-order valence-corrected chi connectivity index (χ1v) is 7.44. The molecule has 0 amide bonds. The Morgan fingerprint density at radius 1 is 1.30 bits per heavy atom. The lowest BCUT2D eigenvalue weighted by Gasteiger charge is -2.12. The minimum Gasteiger partial charge on any atom is -0.478 e. The molecule has 7 heteroatoms. The molecule has 1 heterocycles. The van der Waals surface area contributed by atoms with Crippen LogP contribution in [0.2, 0.25) is 0 Å². The highest BCUT2D eigenvalue weighted by molar-refractivity contribution is 7.92.